The Morgan fingerprint density at radius 1 is 1.03 bits per heavy atom. The Kier molecular flexibility index (Phi) is 9.05. The van der Waals surface area contributed by atoms with Gasteiger partial charge in [0.2, 0.25) is 10.0 Å². The summed E-state index contributed by atoms with van der Waals surface area (Å²) >= 11 is 0. The summed E-state index contributed by atoms with van der Waals surface area (Å²) in [5.74, 6) is -1.54. The molecule has 12 heteroatoms. The molecule has 3 rings (SSSR count). The number of sulfonamides is 1. The molecular formula is C26H26N4O7S. The van der Waals surface area contributed by atoms with Crippen molar-refractivity contribution in [2.45, 2.75) is 31.7 Å². The van der Waals surface area contributed by atoms with Gasteiger partial charge in [0.05, 0.1) is 21.6 Å². The van der Waals surface area contributed by atoms with Crippen LogP contribution in [0.15, 0.2) is 82.8 Å². The van der Waals surface area contributed by atoms with E-state index in [9.17, 15) is 28.1 Å². The number of benzene rings is 3. The second-order valence-electron chi connectivity index (χ2n) is 8.66. The number of non-ortho nitro benzene ring substituents is 1. The van der Waals surface area contributed by atoms with Crippen molar-refractivity contribution in [2.24, 2.45) is 11.0 Å². The molecule has 1 amide bonds. The molecule has 0 aromatic heterocycles. The van der Waals surface area contributed by atoms with E-state index in [0.717, 1.165) is 11.6 Å². The van der Waals surface area contributed by atoms with Gasteiger partial charge in [-0.2, -0.15) is 9.82 Å². The van der Waals surface area contributed by atoms with E-state index in [1.165, 1.54) is 48.7 Å². The number of esters is 1. The highest BCUT2D eigenvalue weighted by Gasteiger charge is 2.28. The number of nitrogens with zero attached hydrogens (tertiary/aromatic N) is 2. The average Bonchev–Trinajstić information content (AvgIpc) is 2.88. The minimum Gasteiger partial charge on any atom is -0.423 e. The first-order valence-electron chi connectivity index (χ1n) is 11.4. The van der Waals surface area contributed by atoms with Gasteiger partial charge in [-0.15, -0.1) is 0 Å². The Morgan fingerprint density at radius 3 is 2.29 bits per heavy atom. The Labute approximate surface area is 219 Å². The van der Waals surface area contributed by atoms with E-state index in [1.807, 2.05) is 6.92 Å². The van der Waals surface area contributed by atoms with Crippen LogP contribution in [0.5, 0.6) is 5.75 Å². The minimum absolute atomic E-state index is 0.0326. The molecule has 0 heterocycles. The van der Waals surface area contributed by atoms with E-state index in [1.54, 1.807) is 38.1 Å². The second-order valence-corrected chi connectivity index (χ2v) is 10.4. The fraction of sp³-hybridized carbons (Fsp3) is 0.192. The van der Waals surface area contributed by atoms with Crippen LogP contribution in [0.2, 0.25) is 0 Å². The Hall–Kier alpha value is -4.42. The van der Waals surface area contributed by atoms with Crippen LogP contribution in [-0.4, -0.2) is 37.5 Å². The second kappa shape index (κ2) is 12.2. The van der Waals surface area contributed by atoms with E-state index in [2.05, 4.69) is 15.2 Å². The van der Waals surface area contributed by atoms with Gasteiger partial charge in [0.25, 0.3) is 11.6 Å². The standard InChI is InChI=1S/C26H26N4O7S/c1-17(2)24(29-38(35,36)23-13-7-18(3)8-14-23)25(31)28-27-16-19-9-11-22(12-10-19)37-26(32)20-5-4-6-21(15-20)30(33)34/h4-17,24,29H,1-3H3,(H,28,31)/b27-16-/t24-/m1/s1. The quantitative estimate of drug-likeness (QED) is 0.131. The Bertz CT molecular complexity index is 1450. The van der Waals surface area contributed by atoms with Crippen molar-refractivity contribution >= 4 is 33.8 Å². The lowest BCUT2D eigenvalue weighted by Gasteiger charge is -2.20. The van der Waals surface area contributed by atoms with Gasteiger partial charge < -0.3 is 4.74 Å². The molecule has 0 radical (unpaired) electrons. The molecule has 0 aliphatic rings. The first-order chi connectivity index (χ1) is 18.0. The van der Waals surface area contributed by atoms with Crippen LogP contribution in [0, 0.1) is 23.0 Å². The summed E-state index contributed by atoms with van der Waals surface area (Å²) in [7, 11) is -3.92. The molecule has 0 aliphatic heterocycles. The molecule has 38 heavy (non-hydrogen) atoms. The molecule has 3 aromatic carbocycles. The maximum atomic E-state index is 12.7. The first-order valence-corrected chi connectivity index (χ1v) is 12.9. The lowest BCUT2D eigenvalue weighted by Crippen LogP contribution is -2.48. The molecule has 3 aromatic rings. The number of nitro benzene ring substituents is 1. The fourth-order valence-electron chi connectivity index (χ4n) is 3.22. The third-order valence-corrected chi connectivity index (χ3v) is 6.79. The molecule has 0 bridgehead atoms. The van der Waals surface area contributed by atoms with Crippen molar-refractivity contribution in [2.75, 3.05) is 0 Å². The maximum Gasteiger partial charge on any atom is 0.343 e. The van der Waals surface area contributed by atoms with Crippen molar-refractivity contribution < 1.29 is 27.7 Å². The normalized spacial score (nSPS) is 12.3. The van der Waals surface area contributed by atoms with Crippen LogP contribution in [0.4, 0.5) is 5.69 Å². The number of carbonyl (C=O) groups excluding carboxylic acids is 2. The number of ether oxygens (including phenoxy) is 1. The van der Waals surface area contributed by atoms with Crippen molar-refractivity contribution in [3.8, 4) is 5.75 Å². The van der Waals surface area contributed by atoms with Gasteiger partial charge in [-0.1, -0.05) is 37.6 Å². The van der Waals surface area contributed by atoms with E-state index in [4.69, 9.17) is 4.74 Å². The summed E-state index contributed by atoms with van der Waals surface area (Å²) in [6.45, 7) is 5.26. The summed E-state index contributed by atoms with van der Waals surface area (Å²) in [6.07, 6.45) is 1.34. The van der Waals surface area contributed by atoms with Gasteiger partial charge in [0.15, 0.2) is 0 Å². The van der Waals surface area contributed by atoms with Crippen molar-refractivity contribution in [1.82, 2.24) is 10.1 Å². The zero-order valence-corrected chi connectivity index (χ0v) is 21.6. The molecule has 0 spiro atoms. The van der Waals surface area contributed by atoms with Crippen molar-refractivity contribution in [1.29, 1.82) is 0 Å². The monoisotopic (exact) mass is 538 g/mol. The molecule has 1 atom stereocenters. The highest BCUT2D eigenvalue weighted by molar-refractivity contribution is 7.89. The number of amides is 1. The van der Waals surface area contributed by atoms with Crippen LogP contribution in [0.25, 0.3) is 0 Å². The van der Waals surface area contributed by atoms with E-state index in [0.29, 0.717) is 5.56 Å². The van der Waals surface area contributed by atoms with E-state index < -0.39 is 32.9 Å². The van der Waals surface area contributed by atoms with Crippen LogP contribution in [0.1, 0.15) is 35.3 Å². The smallest absolute Gasteiger partial charge is 0.343 e. The molecule has 0 saturated carbocycles. The predicted octanol–water partition coefficient (Wildman–Crippen LogP) is 3.58. The fourth-order valence-corrected chi connectivity index (χ4v) is 4.56. The first kappa shape index (κ1) is 28.2. The zero-order valence-electron chi connectivity index (χ0n) is 20.8. The van der Waals surface area contributed by atoms with Gasteiger partial charge in [-0.05, 0) is 60.9 Å². The van der Waals surface area contributed by atoms with Gasteiger partial charge in [-0.3, -0.25) is 14.9 Å². The number of hydrogen-bond acceptors (Lipinski definition) is 8. The lowest BCUT2D eigenvalue weighted by atomic mass is 10.1. The molecule has 2 N–H and O–H groups in total. The number of rotatable bonds is 10. The highest BCUT2D eigenvalue weighted by atomic mass is 32.2. The third-order valence-electron chi connectivity index (χ3n) is 5.33. The summed E-state index contributed by atoms with van der Waals surface area (Å²) in [4.78, 5) is 35.3. The summed E-state index contributed by atoms with van der Waals surface area (Å²) in [5.41, 5.74) is 3.61. The summed E-state index contributed by atoms with van der Waals surface area (Å²) < 4.78 is 33.1. The highest BCUT2D eigenvalue weighted by Crippen LogP contribution is 2.17. The van der Waals surface area contributed by atoms with Crippen LogP contribution >= 0.6 is 0 Å². The van der Waals surface area contributed by atoms with Crippen LogP contribution in [-0.2, 0) is 14.8 Å². The third kappa shape index (κ3) is 7.54. The molecule has 198 valence electrons. The summed E-state index contributed by atoms with van der Waals surface area (Å²) in [5, 5.41) is 14.8. The largest absolute Gasteiger partial charge is 0.423 e. The average molecular weight is 539 g/mol. The zero-order chi connectivity index (χ0) is 27.9. The maximum absolute atomic E-state index is 12.7. The number of hydrazone groups is 1. The lowest BCUT2D eigenvalue weighted by molar-refractivity contribution is -0.384. The molecule has 0 saturated heterocycles. The van der Waals surface area contributed by atoms with Crippen LogP contribution in [0.3, 0.4) is 0 Å². The van der Waals surface area contributed by atoms with Gasteiger partial charge in [-0.25, -0.2) is 18.6 Å². The Balaban J connectivity index is 1.60. The van der Waals surface area contributed by atoms with Gasteiger partial charge in [0, 0.05) is 12.1 Å². The van der Waals surface area contributed by atoms with Gasteiger partial charge in [0.1, 0.15) is 11.8 Å². The molecule has 11 nitrogen and oxygen atoms in total. The molecular weight excluding hydrogens is 512 g/mol. The predicted molar refractivity (Wildman–Crippen MR) is 140 cm³/mol. The number of nitrogens with one attached hydrogen (secondary N) is 2. The minimum atomic E-state index is -3.92. The van der Waals surface area contributed by atoms with Gasteiger partial charge >= 0.3 is 5.97 Å². The number of nitro groups is 1. The van der Waals surface area contributed by atoms with E-state index in [-0.39, 0.29) is 27.8 Å². The number of aryl methyl sites for hydroxylation is 1. The summed E-state index contributed by atoms with van der Waals surface area (Å²) in [6, 6.07) is 16.5. The van der Waals surface area contributed by atoms with Crippen molar-refractivity contribution in [3.63, 3.8) is 0 Å². The van der Waals surface area contributed by atoms with E-state index >= 15 is 0 Å². The van der Waals surface area contributed by atoms with Crippen molar-refractivity contribution in [3.05, 3.63) is 99.6 Å². The number of carbonyl (C=O) groups is 2. The Morgan fingerprint density at radius 2 is 1.68 bits per heavy atom. The van der Waals surface area contributed by atoms with Crippen LogP contribution < -0.4 is 14.9 Å². The molecule has 0 fully saturated rings. The molecule has 0 aliphatic carbocycles. The number of hydrogen-bond donors (Lipinski definition) is 2. The molecule has 0 unspecified atom stereocenters. The SMILES string of the molecule is Cc1ccc(S(=O)(=O)N[C@@H](C(=O)N/N=C\c2ccc(OC(=O)c3cccc([N+](=O)[O-])c3)cc2)C(C)C)cc1. The topological polar surface area (TPSA) is 157 Å².